The molecule has 0 spiro atoms. The average molecular weight is 152 g/mol. The highest BCUT2D eigenvalue weighted by Gasteiger charge is 2.36. The van der Waals surface area contributed by atoms with Gasteiger partial charge in [0.1, 0.15) is 19.4 Å². The predicted octanol–water partition coefficient (Wildman–Crippen LogP) is 0.366. The highest BCUT2D eigenvalue weighted by atomic mass is 16.2. The van der Waals surface area contributed by atoms with Crippen LogP contribution in [0, 0.1) is 5.41 Å². The van der Waals surface area contributed by atoms with Crippen LogP contribution in [0.15, 0.2) is 0 Å². The molecule has 1 rings (SSSR count). The number of rotatable bonds is 0. The maximum absolute atomic E-state index is 11.2. The third kappa shape index (κ3) is 1.70. The quantitative estimate of drug-likeness (QED) is 0.371. The Morgan fingerprint density at radius 3 is 2.00 bits per heavy atom. The lowest BCUT2D eigenvalue weighted by atomic mass is 9.65. The van der Waals surface area contributed by atoms with Crippen molar-refractivity contribution < 1.29 is 9.59 Å². The molecule has 1 fully saturated rings. The fraction of sp³-hybridized carbons (Fsp3) is 0.750. The van der Waals surface area contributed by atoms with E-state index < -0.39 is 0 Å². The highest BCUT2D eigenvalue weighted by Crippen LogP contribution is 2.34. The summed E-state index contributed by atoms with van der Waals surface area (Å²) < 4.78 is 0. The molecule has 1 aliphatic rings. The van der Waals surface area contributed by atoms with Gasteiger partial charge in [0, 0.05) is 18.7 Å². The lowest BCUT2D eigenvalue weighted by Gasteiger charge is -2.30. The Morgan fingerprint density at radius 1 is 1.27 bits per heavy atom. The van der Waals surface area contributed by atoms with Gasteiger partial charge in [-0.3, -0.25) is 9.59 Å². The van der Waals surface area contributed by atoms with Crippen molar-refractivity contribution in [2.24, 2.45) is 5.41 Å². The van der Waals surface area contributed by atoms with Crippen LogP contribution < -0.4 is 0 Å². The molecule has 0 aromatic carbocycles. The van der Waals surface area contributed by atoms with Crippen LogP contribution in [0.1, 0.15) is 26.7 Å². The number of carbonyl (C=O) groups excluding carboxylic acids is 2. The van der Waals surface area contributed by atoms with E-state index >= 15 is 0 Å². The average Bonchev–Trinajstić information content (AvgIpc) is 1.81. The molecule has 2 nitrogen and oxygen atoms in total. The molecule has 1 aliphatic carbocycles. The van der Waals surface area contributed by atoms with Crippen molar-refractivity contribution in [1.82, 2.24) is 0 Å². The second-order valence-electron chi connectivity index (χ2n) is 4.17. The van der Waals surface area contributed by atoms with E-state index in [1.54, 1.807) is 7.85 Å². The molecule has 0 N–H and O–H groups in total. The standard InChI is InChI=1S/C8H13BO2/c1-8(2)3-5(10)7(9)6(11)4-8/h7H,3-4,9H2,1-2H3. The summed E-state index contributed by atoms with van der Waals surface area (Å²) in [5.41, 5.74) is -0.0966. The molecule has 0 radical (unpaired) electrons. The Hall–Kier alpha value is -0.595. The van der Waals surface area contributed by atoms with Crippen molar-refractivity contribution in [2.45, 2.75) is 32.5 Å². The zero-order valence-corrected chi connectivity index (χ0v) is 7.31. The van der Waals surface area contributed by atoms with Crippen LogP contribution in [-0.4, -0.2) is 19.4 Å². The highest BCUT2D eigenvalue weighted by molar-refractivity contribution is 6.37. The zero-order valence-electron chi connectivity index (χ0n) is 7.31. The third-order valence-electron chi connectivity index (χ3n) is 2.27. The Bertz CT molecular complexity index is 188. The molecule has 0 bridgehead atoms. The van der Waals surface area contributed by atoms with Gasteiger partial charge in [-0.2, -0.15) is 0 Å². The summed E-state index contributed by atoms with van der Waals surface area (Å²) in [6.45, 7) is 3.93. The number of Topliss-reactive ketones (excluding diaryl/α,β-unsaturated/α-hetero) is 2. The van der Waals surface area contributed by atoms with E-state index in [-0.39, 0.29) is 22.8 Å². The van der Waals surface area contributed by atoms with Crippen LogP contribution in [0.25, 0.3) is 0 Å². The SMILES string of the molecule is BC1C(=O)CC(C)(C)CC1=O. The van der Waals surface area contributed by atoms with Gasteiger partial charge in [-0.15, -0.1) is 0 Å². The van der Waals surface area contributed by atoms with Crippen LogP contribution in [-0.2, 0) is 9.59 Å². The van der Waals surface area contributed by atoms with E-state index in [4.69, 9.17) is 0 Å². The largest absolute Gasteiger partial charge is 0.300 e. The van der Waals surface area contributed by atoms with Crippen molar-refractivity contribution in [3.05, 3.63) is 0 Å². The van der Waals surface area contributed by atoms with Gasteiger partial charge in [0.05, 0.1) is 0 Å². The van der Waals surface area contributed by atoms with E-state index in [2.05, 4.69) is 0 Å². The van der Waals surface area contributed by atoms with Gasteiger partial charge >= 0.3 is 0 Å². The molecule has 0 heterocycles. The topological polar surface area (TPSA) is 34.1 Å². The summed E-state index contributed by atoms with van der Waals surface area (Å²) in [6.07, 6.45) is 1.11. The molecule has 0 aromatic heterocycles. The van der Waals surface area contributed by atoms with Crippen molar-refractivity contribution >= 4 is 19.4 Å². The Kier molecular flexibility index (Phi) is 1.91. The van der Waals surface area contributed by atoms with Gasteiger partial charge in [0.15, 0.2) is 0 Å². The summed E-state index contributed by atoms with van der Waals surface area (Å²) >= 11 is 0. The minimum atomic E-state index is -0.344. The van der Waals surface area contributed by atoms with Crippen LogP contribution in [0.4, 0.5) is 0 Å². The maximum atomic E-state index is 11.2. The predicted molar refractivity (Wildman–Crippen MR) is 45.3 cm³/mol. The molecular weight excluding hydrogens is 139 g/mol. The first-order valence-corrected chi connectivity index (χ1v) is 3.98. The third-order valence-corrected chi connectivity index (χ3v) is 2.27. The monoisotopic (exact) mass is 152 g/mol. The molecule has 0 atom stereocenters. The molecule has 1 saturated carbocycles. The number of ketones is 2. The lowest BCUT2D eigenvalue weighted by molar-refractivity contribution is -0.133. The van der Waals surface area contributed by atoms with E-state index in [9.17, 15) is 9.59 Å². The molecule has 0 aliphatic heterocycles. The van der Waals surface area contributed by atoms with E-state index in [0.29, 0.717) is 12.8 Å². The van der Waals surface area contributed by atoms with E-state index in [1.807, 2.05) is 13.8 Å². The second kappa shape index (κ2) is 2.47. The summed E-state index contributed by atoms with van der Waals surface area (Å²) in [4.78, 5) is 22.4. The zero-order chi connectivity index (χ0) is 8.65. The minimum absolute atomic E-state index is 0.0966. The first-order chi connectivity index (χ1) is 4.92. The maximum Gasteiger partial charge on any atom is 0.135 e. The summed E-state index contributed by atoms with van der Waals surface area (Å²) in [6, 6.07) is 0. The molecular formula is C8H13BO2. The number of hydrogen-bond donors (Lipinski definition) is 0. The normalized spacial score (nSPS) is 25.6. The Labute approximate surface area is 67.8 Å². The molecule has 0 saturated heterocycles. The molecule has 0 amide bonds. The summed E-state index contributed by atoms with van der Waals surface area (Å²) in [5, 5.41) is 0. The fourth-order valence-corrected chi connectivity index (χ4v) is 1.49. The first kappa shape index (κ1) is 8.50. The Balaban J connectivity index is 2.78. The van der Waals surface area contributed by atoms with Crippen molar-refractivity contribution in [3.8, 4) is 0 Å². The van der Waals surface area contributed by atoms with Gasteiger partial charge < -0.3 is 0 Å². The van der Waals surface area contributed by atoms with Crippen LogP contribution in [0.2, 0.25) is 5.82 Å². The van der Waals surface area contributed by atoms with Gasteiger partial charge in [0.25, 0.3) is 0 Å². The fourth-order valence-electron chi connectivity index (χ4n) is 1.49. The van der Waals surface area contributed by atoms with Crippen molar-refractivity contribution in [2.75, 3.05) is 0 Å². The number of hydrogen-bond acceptors (Lipinski definition) is 2. The van der Waals surface area contributed by atoms with Gasteiger partial charge in [-0.05, 0) is 5.41 Å². The van der Waals surface area contributed by atoms with Crippen LogP contribution in [0.5, 0.6) is 0 Å². The lowest BCUT2D eigenvalue weighted by Crippen LogP contribution is -2.34. The van der Waals surface area contributed by atoms with Crippen molar-refractivity contribution in [3.63, 3.8) is 0 Å². The van der Waals surface area contributed by atoms with E-state index in [0.717, 1.165) is 0 Å². The van der Waals surface area contributed by atoms with Gasteiger partial charge in [-0.25, -0.2) is 0 Å². The smallest absolute Gasteiger partial charge is 0.135 e. The Morgan fingerprint density at radius 2 is 1.64 bits per heavy atom. The van der Waals surface area contributed by atoms with E-state index in [1.165, 1.54) is 0 Å². The minimum Gasteiger partial charge on any atom is -0.300 e. The summed E-state index contributed by atoms with van der Waals surface area (Å²) in [7, 11) is 1.71. The van der Waals surface area contributed by atoms with Gasteiger partial charge in [-0.1, -0.05) is 13.8 Å². The molecule has 0 aromatic rings. The van der Waals surface area contributed by atoms with Crippen molar-refractivity contribution in [1.29, 1.82) is 0 Å². The molecule has 3 heteroatoms. The second-order valence-corrected chi connectivity index (χ2v) is 4.17. The molecule has 11 heavy (non-hydrogen) atoms. The van der Waals surface area contributed by atoms with Crippen LogP contribution >= 0.6 is 0 Å². The summed E-state index contributed by atoms with van der Waals surface area (Å²) in [5.74, 6) is -0.138. The first-order valence-electron chi connectivity index (χ1n) is 3.98. The molecule has 60 valence electrons. The van der Waals surface area contributed by atoms with Crippen LogP contribution in [0.3, 0.4) is 0 Å². The number of carbonyl (C=O) groups is 2. The van der Waals surface area contributed by atoms with Gasteiger partial charge in [0.2, 0.25) is 0 Å². The molecule has 0 unspecified atom stereocenters.